The molecule has 0 saturated carbocycles. The van der Waals surface area contributed by atoms with Crippen molar-refractivity contribution in [3.8, 4) is 11.1 Å². The minimum Gasteiger partial charge on any atom is -0.0839 e. The van der Waals surface area contributed by atoms with Crippen molar-refractivity contribution >= 4 is 15.9 Å². The Morgan fingerprint density at radius 1 is 1.06 bits per heavy atom. The SMILES string of the molecule is CCC(Br)c1ccc2c(c1)Cc1ccccc1-2. The third-order valence-electron chi connectivity index (χ3n) is 3.54. The Bertz CT molecular complexity index is 557. The Hall–Kier alpha value is -1.08. The van der Waals surface area contributed by atoms with Gasteiger partial charge in [-0.3, -0.25) is 0 Å². The molecule has 0 N–H and O–H groups in total. The van der Waals surface area contributed by atoms with E-state index in [4.69, 9.17) is 0 Å². The van der Waals surface area contributed by atoms with Crippen LogP contribution in [-0.4, -0.2) is 0 Å². The maximum Gasteiger partial charge on any atom is 0.0392 e. The van der Waals surface area contributed by atoms with E-state index in [0.29, 0.717) is 4.83 Å². The van der Waals surface area contributed by atoms with Crippen LogP contribution >= 0.6 is 15.9 Å². The molecule has 0 saturated heterocycles. The molecule has 0 spiro atoms. The fraction of sp³-hybridized carbons (Fsp3) is 0.250. The third kappa shape index (κ3) is 1.83. The van der Waals surface area contributed by atoms with Crippen molar-refractivity contribution in [3.63, 3.8) is 0 Å². The van der Waals surface area contributed by atoms with Crippen LogP contribution in [0, 0.1) is 0 Å². The predicted molar refractivity (Wildman–Crippen MR) is 76.6 cm³/mol. The largest absolute Gasteiger partial charge is 0.0839 e. The average Bonchev–Trinajstić information content (AvgIpc) is 2.75. The molecular formula is C16H15Br. The monoisotopic (exact) mass is 286 g/mol. The van der Waals surface area contributed by atoms with Crippen molar-refractivity contribution in [2.75, 3.05) is 0 Å². The lowest BCUT2D eigenvalue weighted by Crippen LogP contribution is -1.90. The van der Waals surface area contributed by atoms with Crippen molar-refractivity contribution in [2.45, 2.75) is 24.6 Å². The van der Waals surface area contributed by atoms with Crippen LogP contribution in [0.25, 0.3) is 11.1 Å². The van der Waals surface area contributed by atoms with E-state index in [1.54, 1.807) is 0 Å². The summed E-state index contributed by atoms with van der Waals surface area (Å²) in [6.45, 7) is 2.21. The summed E-state index contributed by atoms with van der Waals surface area (Å²) in [6, 6.07) is 15.6. The molecule has 0 aromatic heterocycles. The van der Waals surface area contributed by atoms with Crippen LogP contribution in [-0.2, 0) is 6.42 Å². The number of rotatable bonds is 2. The topological polar surface area (TPSA) is 0 Å². The van der Waals surface area contributed by atoms with E-state index in [0.717, 1.165) is 12.8 Å². The zero-order valence-electron chi connectivity index (χ0n) is 9.91. The average molecular weight is 287 g/mol. The first kappa shape index (κ1) is 11.0. The minimum absolute atomic E-state index is 0.483. The Labute approximate surface area is 111 Å². The molecule has 0 amide bonds. The summed E-state index contributed by atoms with van der Waals surface area (Å²) >= 11 is 3.73. The summed E-state index contributed by atoms with van der Waals surface area (Å²) in [6.07, 6.45) is 2.22. The Balaban J connectivity index is 2.07. The molecular weight excluding hydrogens is 272 g/mol. The lowest BCUT2D eigenvalue weighted by atomic mass is 10.0. The number of alkyl halides is 1. The molecule has 2 aromatic carbocycles. The second-order valence-electron chi connectivity index (χ2n) is 4.63. The highest BCUT2D eigenvalue weighted by atomic mass is 79.9. The van der Waals surface area contributed by atoms with Gasteiger partial charge in [0.05, 0.1) is 0 Å². The van der Waals surface area contributed by atoms with Crippen LogP contribution in [0.4, 0.5) is 0 Å². The van der Waals surface area contributed by atoms with Crippen molar-refractivity contribution in [3.05, 3.63) is 59.2 Å². The summed E-state index contributed by atoms with van der Waals surface area (Å²) in [5, 5.41) is 0. The second kappa shape index (κ2) is 4.30. The summed E-state index contributed by atoms with van der Waals surface area (Å²) in [4.78, 5) is 0.483. The molecule has 86 valence electrons. The first-order valence-electron chi connectivity index (χ1n) is 6.14. The smallest absolute Gasteiger partial charge is 0.0392 e. The number of hydrogen-bond donors (Lipinski definition) is 0. The molecule has 1 atom stereocenters. The second-order valence-corrected chi connectivity index (χ2v) is 5.73. The van der Waals surface area contributed by atoms with Gasteiger partial charge >= 0.3 is 0 Å². The lowest BCUT2D eigenvalue weighted by Gasteiger charge is -2.09. The molecule has 1 aliphatic carbocycles. The Morgan fingerprint density at radius 2 is 1.82 bits per heavy atom. The summed E-state index contributed by atoms with van der Waals surface area (Å²) in [7, 11) is 0. The molecule has 2 aromatic rings. The molecule has 0 fully saturated rings. The van der Waals surface area contributed by atoms with Crippen molar-refractivity contribution in [2.24, 2.45) is 0 Å². The minimum atomic E-state index is 0.483. The zero-order chi connectivity index (χ0) is 11.8. The molecule has 0 aliphatic heterocycles. The molecule has 0 bridgehead atoms. The van der Waals surface area contributed by atoms with Crippen LogP contribution in [0.15, 0.2) is 42.5 Å². The van der Waals surface area contributed by atoms with Gasteiger partial charge in [0, 0.05) is 4.83 Å². The van der Waals surface area contributed by atoms with E-state index in [1.807, 2.05) is 0 Å². The van der Waals surface area contributed by atoms with Gasteiger partial charge < -0.3 is 0 Å². The Kier molecular flexibility index (Phi) is 2.79. The third-order valence-corrected chi connectivity index (χ3v) is 4.71. The van der Waals surface area contributed by atoms with Crippen LogP contribution in [0.3, 0.4) is 0 Å². The van der Waals surface area contributed by atoms with Crippen molar-refractivity contribution < 1.29 is 0 Å². The maximum absolute atomic E-state index is 3.73. The van der Waals surface area contributed by atoms with E-state index in [-0.39, 0.29) is 0 Å². The van der Waals surface area contributed by atoms with Gasteiger partial charge in [-0.1, -0.05) is 65.3 Å². The quantitative estimate of drug-likeness (QED) is 0.575. The lowest BCUT2D eigenvalue weighted by molar-refractivity contribution is 0.909. The van der Waals surface area contributed by atoms with Gasteiger partial charge in [-0.05, 0) is 40.7 Å². The summed E-state index contributed by atoms with van der Waals surface area (Å²) in [5.41, 5.74) is 7.17. The molecule has 1 heteroatoms. The summed E-state index contributed by atoms with van der Waals surface area (Å²) in [5.74, 6) is 0. The molecule has 1 unspecified atom stereocenters. The highest BCUT2D eigenvalue weighted by molar-refractivity contribution is 9.09. The van der Waals surface area contributed by atoms with Crippen LogP contribution in [0.2, 0.25) is 0 Å². The first-order chi connectivity index (χ1) is 8.29. The van der Waals surface area contributed by atoms with Crippen LogP contribution in [0.1, 0.15) is 34.9 Å². The highest BCUT2D eigenvalue weighted by Gasteiger charge is 2.18. The standard InChI is InChI=1S/C16H15Br/c1-2-16(17)12-7-8-15-13(10-12)9-11-5-3-4-6-14(11)15/h3-8,10,16H,2,9H2,1H3. The van der Waals surface area contributed by atoms with Crippen LogP contribution < -0.4 is 0 Å². The van der Waals surface area contributed by atoms with Crippen LogP contribution in [0.5, 0.6) is 0 Å². The molecule has 0 radical (unpaired) electrons. The maximum atomic E-state index is 3.73. The fourth-order valence-corrected chi connectivity index (χ4v) is 2.88. The van der Waals surface area contributed by atoms with E-state index < -0.39 is 0 Å². The predicted octanol–water partition coefficient (Wildman–Crippen LogP) is 5.10. The van der Waals surface area contributed by atoms with E-state index in [2.05, 4.69) is 65.3 Å². The van der Waals surface area contributed by atoms with E-state index in [1.165, 1.54) is 27.8 Å². The van der Waals surface area contributed by atoms with E-state index >= 15 is 0 Å². The van der Waals surface area contributed by atoms with Gasteiger partial charge in [0.25, 0.3) is 0 Å². The van der Waals surface area contributed by atoms with Gasteiger partial charge in [0.2, 0.25) is 0 Å². The highest BCUT2D eigenvalue weighted by Crippen LogP contribution is 2.38. The number of hydrogen-bond acceptors (Lipinski definition) is 0. The van der Waals surface area contributed by atoms with Gasteiger partial charge in [0.1, 0.15) is 0 Å². The molecule has 1 aliphatic rings. The van der Waals surface area contributed by atoms with Crippen molar-refractivity contribution in [1.29, 1.82) is 0 Å². The number of fused-ring (bicyclic) bond motifs is 3. The van der Waals surface area contributed by atoms with Crippen molar-refractivity contribution in [1.82, 2.24) is 0 Å². The van der Waals surface area contributed by atoms with E-state index in [9.17, 15) is 0 Å². The Morgan fingerprint density at radius 3 is 2.65 bits per heavy atom. The van der Waals surface area contributed by atoms with Gasteiger partial charge in [-0.25, -0.2) is 0 Å². The molecule has 3 rings (SSSR count). The zero-order valence-corrected chi connectivity index (χ0v) is 11.5. The molecule has 17 heavy (non-hydrogen) atoms. The number of benzene rings is 2. The van der Waals surface area contributed by atoms with Gasteiger partial charge in [-0.15, -0.1) is 0 Å². The van der Waals surface area contributed by atoms with Gasteiger partial charge in [-0.2, -0.15) is 0 Å². The summed E-state index contributed by atoms with van der Waals surface area (Å²) < 4.78 is 0. The van der Waals surface area contributed by atoms with Gasteiger partial charge in [0.15, 0.2) is 0 Å². The first-order valence-corrected chi connectivity index (χ1v) is 7.06. The normalized spacial score (nSPS) is 14.2. The fourth-order valence-electron chi connectivity index (χ4n) is 2.60. The number of halogens is 1. The molecule has 0 nitrogen and oxygen atoms in total. The molecule has 0 heterocycles.